The second-order valence-corrected chi connectivity index (χ2v) is 3.61. The van der Waals surface area contributed by atoms with E-state index in [2.05, 4.69) is 19.7 Å². The SMILES string of the molecule is COC(=O)/C(=C/c1cccnc1SC)N=[N+]=[N-]. The third-order valence-corrected chi connectivity index (χ3v) is 2.56. The van der Waals surface area contributed by atoms with Crippen molar-refractivity contribution < 1.29 is 9.53 Å². The fraction of sp³-hybridized carbons (Fsp3) is 0.200. The Labute approximate surface area is 102 Å². The van der Waals surface area contributed by atoms with Crippen molar-refractivity contribution in [3.8, 4) is 0 Å². The third kappa shape index (κ3) is 3.51. The Balaban J connectivity index is 3.21. The van der Waals surface area contributed by atoms with Crippen LogP contribution in [0, 0.1) is 0 Å². The maximum atomic E-state index is 11.3. The van der Waals surface area contributed by atoms with Gasteiger partial charge in [-0.15, -0.1) is 11.8 Å². The molecule has 0 fully saturated rings. The molecule has 0 radical (unpaired) electrons. The summed E-state index contributed by atoms with van der Waals surface area (Å²) < 4.78 is 4.51. The summed E-state index contributed by atoms with van der Waals surface area (Å²) in [6.45, 7) is 0. The number of carbonyl (C=O) groups excluding carboxylic acids is 1. The van der Waals surface area contributed by atoms with E-state index in [1.807, 2.05) is 6.26 Å². The molecule has 7 heteroatoms. The van der Waals surface area contributed by atoms with Gasteiger partial charge in [0.05, 0.1) is 7.11 Å². The Morgan fingerprint density at radius 2 is 2.47 bits per heavy atom. The first-order valence-corrected chi connectivity index (χ1v) is 5.79. The summed E-state index contributed by atoms with van der Waals surface area (Å²) in [6, 6.07) is 3.51. The van der Waals surface area contributed by atoms with Gasteiger partial charge >= 0.3 is 5.97 Å². The lowest BCUT2D eigenvalue weighted by molar-refractivity contribution is -0.136. The molecule has 6 nitrogen and oxygen atoms in total. The number of nitrogens with zero attached hydrogens (tertiary/aromatic N) is 4. The molecule has 0 aromatic carbocycles. The van der Waals surface area contributed by atoms with Gasteiger partial charge in [0, 0.05) is 16.7 Å². The van der Waals surface area contributed by atoms with Crippen LogP contribution in [0.2, 0.25) is 0 Å². The first kappa shape index (κ1) is 13.1. The number of rotatable bonds is 4. The van der Waals surface area contributed by atoms with Gasteiger partial charge in [-0.2, -0.15) is 0 Å². The summed E-state index contributed by atoms with van der Waals surface area (Å²) in [6.07, 6.45) is 4.96. The molecule has 1 heterocycles. The zero-order valence-electron chi connectivity index (χ0n) is 9.32. The Kier molecular flexibility index (Phi) is 5.06. The lowest BCUT2D eigenvalue weighted by Gasteiger charge is -2.02. The van der Waals surface area contributed by atoms with Crippen molar-refractivity contribution in [2.45, 2.75) is 5.03 Å². The van der Waals surface area contributed by atoms with Gasteiger partial charge in [-0.25, -0.2) is 9.78 Å². The highest BCUT2D eigenvalue weighted by atomic mass is 32.2. The van der Waals surface area contributed by atoms with Crippen molar-refractivity contribution in [1.29, 1.82) is 0 Å². The first-order valence-electron chi connectivity index (χ1n) is 4.57. The Bertz CT molecular complexity index is 495. The third-order valence-electron chi connectivity index (χ3n) is 1.83. The maximum absolute atomic E-state index is 11.3. The van der Waals surface area contributed by atoms with E-state index in [-0.39, 0.29) is 5.70 Å². The molecule has 0 unspecified atom stereocenters. The van der Waals surface area contributed by atoms with Gasteiger partial charge in [0.2, 0.25) is 0 Å². The number of aromatic nitrogens is 1. The topological polar surface area (TPSA) is 88.0 Å². The highest BCUT2D eigenvalue weighted by Gasteiger charge is 2.09. The summed E-state index contributed by atoms with van der Waals surface area (Å²) in [5.41, 5.74) is 8.98. The minimum Gasteiger partial charge on any atom is -0.466 e. The van der Waals surface area contributed by atoms with E-state index >= 15 is 0 Å². The molecule has 0 amide bonds. The number of esters is 1. The van der Waals surface area contributed by atoms with E-state index in [0.717, 1.165) is 5.03 Å². The van der Waals surface area contributed by atoms with Crippen LogP contribution in [0.3, 0.4) is 0 Å². The van der Waals surface area contributed by atoms with Crippen LogP contribution in [-0.4, -0.2) is 24.3 Å². The number of carbonyl (C=O) groups is 1. The van der Waals surface area contributed by atoms with Crippen molar-refractivity contribution in [3.63, 3.8) is 0 Å². The van der Waals surface area contributed by atoms with Gasteiger partial charge in [-0.05, 0) is 23.9 Å². The van der Waals surface area contributed by atoms with Gasteiger partial charge in [0.15, 0.2) is 0 Å². The van der Waals surface area contributed by atoms with Crippen LogP contribution in [0.4, 0.5) is 0 Å². The van der Waals surface area contributed by atoms with Gasteiger partial charge < -0.3 is 4.74 Å². The normalized spacial score (nSPS) is 10.6. The lowest BCUT2D eigenvalue weighted by atomic mass is 10.2. The average molecular weight is 250 g/mol. The molecular formula is C10H10N4O2S. The Morgan fingerprint density at radius 3 is 3.06 bits per heavy atom. The van der Waals surface area contributed by atoms with Crippen LogP contribution in [0.5, 0.6) is 0 Å². The van der Waals surface area contributed by atoms with Crippen LogP contribution in [-0.2, 0) is 9.53 Å². The second kappa shape index (κ2) is 6.57. The van der Waals surface area contributed by atoms with Crippen LogP contribution in [0.25, 0.3) is 16.5 Å². The minimum absolute atomic E-state index is 0.0988. The van der Waals surface area contributed by atoms with Crippen molar-refractivity contribution in [2.24, 2.45) is 5.11 Å². The number of hydrogen-bond acceptors (Lipinski definition) is 5. The molecule has 0 saturated heterocycles. The number of azide groups is 1. The molecule has 0 spiro atoms. The van der Waals surface area contributed by atoms with E-state index in [4.69, 9.17) is 5.53 Å². The van der Waals surface area contributed by atoms with E-state index in [0.29, 0.717) is 5.56 Å². The minimum atomic E-state index is -0.682. The number of hydrogen-bond donors (Lipinski definition) is 0. The molecule has 17 heavy (non-hydrogen) atoms. The quantitative estimate of drug-likeness (QED) is 0.205. The predicted octanol–water partition coefficient (Wildman–Crippen LogP) is 2.63. The van der Waals surface area contributed by atoms with Crippen LogP contribution in [0.15, 0.2) is 34.2 Å². The molecule has 0 atom stereocenters. The molecule has 1 rings (SSSR count). The molecule has 1 aromatic heterocycles. The molecular weight excluding hydrogens is 240 g/mol. The summed E-state index contributed by atoms with van der Waals surface area (Å²) in [7, 11) is 1.22. The number of thioether (sulfide) groups is 1. The number of pyridine rings is 1. The summed E-state index contributed by atoms with van der Waals surface area (Å²) in [5.74, 6) is -0.682. The molecule has 0 bridgehead atoms. The summed E-state index contributed by atoms with van der Waals surface area (Å²) in [5, 5.41) is 4.03. The highest BCUT2D eigenvalue weighted by Crippen LogP contribution is 2.20. The van der Waals surface area contributed by atoms with Gasteiger partial charge in [0.25, 0.3) is 0 Å². The molecule has 0 saturated carbocycles. The molecule has 0 N–H and O–H groups in total. The molecule has 88 valence electrons. The van der Waals surface area contributed by atoms with Gasteiger partial charge in [-0.3, -0.25) is 0 Å². The van der Waals surface area contributed by atoms with E-state index in [9.17, 15) is 4.79 Å². The van der Waals surface area contributed by atoms with Gasteiger partial charge in [-0.1, -0.05) is 11.2 Å². The highest BCUT2D eigenvalue weighted by molar-refractivity contribution is 7.98. The maximum Gasteiger partial charge on any atom is 0.340 e. The second-order valence-electron chi connectivity index (χ2n) is 2.81. The molecule has 0 aliphatic rings. The van der Waals surface area contributed by atoms with E-state index < -0.39 is 5.97 Å². The van der Waals surface area contributed by atoms with Crippen LogP contribution in [0.1, 0.15) is 5.56 Å². The smallest absolute Gasteiger partial charge is 0.340 e. The standard InChI is InChI=1S/C10H10N4O2S/c1-16-10(15)8(13-14-11)6-7-4-3-5-12-9(7)17-2/h3-6H,1-2H3/b8-6-. The first-order chi connectivity index (χ1) is 8.22. The van der Waals surface area contributed by atoms with Crippen molar-refractivity contribution >= 4 is 23.8 Å². The summed E-state index contributed by atoms with van der Waals surface area (Å²) >= 11 is 1.43. The van der Waals surface area contributed by atoms with E-state index in [1.165, 1.54) is 24.9 Å². The molecule has 1 aromatic rings. The predicted molar refractivity (Wildman–Crippen MR) is 65.2 cm³/mol. The summed E-state index contributed by atoms with van der Waals surface area (Å²) in [4.78, 5) is 18.0. The Hall–Kier alpha value is -1.98. The van der Waals surface area contributed by atoms with Crippen LogP contribution >= 0.6 is 11.8 Å². The molecule has 0 aliphatic carbocycles. The lowest BCUT2D eigenvalue weighted by Crippen LogP contribution is -2.02. The zero-order chi connectivity index (χ0) is 12.7. The zero-order valence-corrected chi connectivity index (χ0v) is 10.1. The van der Waals surface area contributed by atoms with E-state index in [1.54, 1.807) is 18.3 Å². The monoisotopic (exact) mass is 250 g/mol. The molecule has 0 aliphatic heterocycles. The number of ether oxygens (including phenoxy) is 1. The Morgan fingerprint density at radius 1 is 1.71 bits per heavy atom. The fourth-order valence-corrected chi connectivity index (χ4v) is 1.64. The van der Waals surface area contributed by atoms with Crippen LogP contribution < -0.4 is 0 Å². The average Bonchev–Trinajstić information content (AvgIpc) is 2.38. The largest absolute Gasteiger partial charge is 0.466 e. The fourth-order valence-electron chi connectivity index (χ4n) is 1.11. The van der Waals surface area contributed by atoms with Crippen molar-refractivity contribution in [3.05, 3.63) is 40.0 Å². The number of methoxy groups -OCH3 is 1. The van der Waals surface area contributed by atoms with Gasteiger partial charge in [0.1, 0.15) is 10.7 Å². The van der Waals surface area contributed by atoms with Crippen molar-refractivity contribution in [2.75, 3.05) is 13.4 Å². The van der Waals surface area contributed by atoms with Crippen molar-refractivity contribution in [1.82, 2.24) is 4.98 Å².